The molecule has 2 aromatic carbocycles. The van der Waals surface area contributed by atoms with Gasteiger partial charge in [-0.25, -0.2) is 8.42 Å². The Bertz CT molecular complexity index is 1000. The minimum Gasteiger partial charge on any atom is -0.368 e. The molecular formula is C22H30N4O3S. The second-order valence-corrected chi connectivity index (χ2v) is 9.27. The Kier molecular flexibility index (Phi) is 6.99. The lowest BCUT2D eigenvalue weighted by Crippen LogP contribution is -2.44. The predicted molar refractivity (Wildman–Crippen MR) is 121 cm³/mol. The third kappa shape index (κ3) is 5.12. The first-order valence-electron chi connectivity index (χ1n) is 10.3. The number of nitrogens with zero attached hydrogens (tertiary/aromatic N) is 1. The lowest BCUT2D eigenvalue weighted by molar-refractivity contribution is 0.0939. The van der Waals surface area contributed by atoms with E-state index < -0.39 is 10.0 Å². The predicted octanol–water partition coefficient (Wildman–Crippen LogP) is 2.73. The number of nitrogens with one attached hydrogen (secondary N) is 3. The Labute approximate surface area is 178 Å². The fraction of sp³-hybridized carbons (Fsp3) is 0.409. The summed E-state index contributed by atoms with van der Waals surface area (Å²) in [5.41, 5.74) is 2.32. The second-order valence-electron chi connectivity index (χ2n) is 7.62. The van der Waals surface area contributed by atoms with Gasteiger partial charge in [0, 0.05) is 43.6 Å². The van der Waals surface area contributed by atoms with Crippen molar-refractivity contribution < 1.29 is 13.2 Å². The number of rotatable bonds is 7. The SMILES string of the molecule is CC[C@H](C)NC(=O)c1cc(NS(=O)(=O)c2ccccc2C)ccc1N1CCNCC1. The van der Waals surface area contributed by atoms with Gasteiger partial charge in [-0.2, -0.15) is 0 Å². The zero-order valence-electron chi connectivity index (χ0n) is 17.7. The zero-order valence-corrected chi connectivity index (χ0v) is 18.6. The monoisotopic (exact) mass is 430 g/mol. The van der Waals surface area contributed by atoms with Gasteiger partial charge in [0.1, 0.15) is 0 Å². The van der Waals surface area contributed by atoms with Gasteiger partial charge in [-0.15, -0.1) is 0 Å². The quantitative estimate of drug-likeness (QED) is 0.628. The number of piperazine rings is 1. The minimum absolute atomic E-state index is 0.0284. The molecular weight excluding hydrogens is 400 g/mol. The maximum Gasteiger partial charge on any atom is 0.262 e. The van der Waals surface area contributed by atoms with Crippen molar-refractivity contribution in [2.45, 2.75) is 38.1 Å². The van der Waals surface area contributed by atoms with Gasteiger partial charge in [0.25, 0.3) is 15.9 Å². The third-order valence-electron chi connectivity index (χ3n) is 5.32. The molecule has 30 heavy (non-hydrogen) atoms. The molecule has 2 aromatic rings. The van der Waals surface area contributed by atoms with E-state index in [0.29, 0.717) is 16.8 Å². The van der Waals surface area contributed by atoms with Crippen LogP contribution in [0.3, 0.4) is 0 Å². The molecule has 0 spiro atoms. The Hall–Kier alpha value is -2.58. The first-order valence-corrected chi connectivity index (χ1v) is 11.8. The summed E-state index contributed by atoms with van der Waals surface area (Å²) in [6, 6.07) is 12.0. The third-order valence-corrected chi connectivity index (χ3v) is 6.87. The van der Waals surface area contributed by atoms with Crippen molar-refractivity contribution >= 4 is 27.3 Å². The molecule has 1 aliphatic rings. The topological polar surface area (TPSA) is 90.5 Å². The van der Waals surface area contributed by atoms with E-state index in [-0.39, 0.29) is 16.8 Å². The van der Waals surface area contributed by atoms with E-state index in [0.717, 1.165) is 38.3 Å². The molecule has 0 unspecified atom stereocenters. The number of hydrogen-bond donors (Lipinski definition) is 3. The molecule has 3 rings (SSSR count). The van der Waals surface area contributed by atoms with E-state index in [1.54, 1.807) is 43.3 Å². The van der Waals surface area contributed by atoms with E-state index in [1.807, 2.05) is 19.9 Å². The molecule has 0 radical (unpaired) electrons. The molecule has 162 valence electrons. The van der Waals surface area contributed by atoms with Crippen LogP contribution in [-0.4, -0.2) is 46.5 Å². The van der Waals surface area contributed by atoms with Crippen LogP contribution in [0.1, 0.15) is 36.2 Å². The van der Waals surface area contributed by atoms with Gasteiger partial charge >= 0.3 is 0 Å². The maximum absolute atomic E-state index is 13.0. The molecule has 8 heteroatoms. The summed E-state index contributed by atoms with van der Waals surface area (Å²) in [5, 5.41) is 6.30. The molecule has 1 atom stereocenters. The maximum atomic E-state index is 13.0. The van der Waals surface area contributed by atoms with Crippen molar-refractivity contribution in [1.82, 2.24) is 10.6 Å². The van der Waals surface area contributed by atoms with Crippen molar-refractivity contribution in [2.24, 2.45) is 0 Å². The average Bonchev–Trinajstić information content (AvgIpc) is 2.74. The molecule has 7 nitrogen and oxygen atoms in total. The Balaban J connectivity index is 1.95. The largest absolute Gasteiger partial charge is 0.368 e. The highest BCUT2D eigenvalue weighted by Gasteiger charge is 2.22. The number of sulfonamides is 1. The van der Waals surface area contributed by atoms with Gasteiger partial charge in [-0.3, -0.25) is 9.52 Å². The van der Waals surface area contributed by atoms with Crippen LogP contribution < -0.4 is 20.3 Å². The summed E-state index contributed by atoms with van der Waals surface area (Å²) in [4.78, 5) is 15.4. The Morgan fingerprint density at radius 2 is 1.87 bits per heavy atom. The van der Waals surface area contributed by atoms with Gasteiger partial charge in [0.15, 0.2) is 0 Å². The van der Waals surface area contributed by atoms with Crippen molar-refractivity contribution in [2.75, 3.05) is 35.8 Å². The Morgan fingerprint density at radius 1 is 1.17 bits per heavy atom. The highest BCUT2D eigenvalue weighted by atomic mass is 32.2. The second kappa shape index (κ2) is 9.49. The lowest BCUT2D eigenvalue weighted by atomic mass is 10.1. The fourth-order valence-corrected chi connectivity index (χ4v) is 4.73. The molecule has 3 N–H and O–H groups in total. The van der Waals surface area contributed by atoms with Gasteiger partial charge in [-0.05, 0) is 50.1 Å². The molecule has 1 heterocycles. The smallest absolute Gasteiger partial charge is 0.262 e. The number of amides is 1. The highest BCUT2D eigenvalue weighted by Crippen LogP contribution is 2.27. The molecule has 0 aromatic heterocycles. The average molecular weight is 431 g/mol. The summed E-state index contributed by atoms with van der Waals surface area (Å²) >= 11 is 0. The zero-order chi connectivity index (χ0) is 21.7. The standard InChI is InChI=1S/C22H30N4O3S/c1-4-17(3)24-22(27)19-15-18(9-10-20(19)26-13-11-23-12-14-26)25-30(28,29)21-8-6-5-7-16(21)2/h5-10,15,17,23,25H,4,11-14H2,1-3H3,(H,24,27)/t17-/m0/s1. The lowest BCUT2D eigenvalue weighted by Gasteiger charge is -2.31. The van der Waals surface area contributed by atoms with E-state index in [1.165, 1.54) is 0 Å². The molecule has 0 saturated carbocycles. The number of carbonyl (C=O) groups excluding carboxylic acids is 1. The number of anilines is 2. The van der Waals surface area contributed by atoms with Gasteiger partial charge in [0.05, 0.1) is 10.5 Å². The van der Waals surface area contributed by atoms with Crippen molar-refractivity contribution in [3.05, 3.63) is 53.6 Å². The van der Waals surface area contributed by atoms with Gasteiger partial charge in [-0.1, -0.05) is 25.1 Å². The molecule has 1 aliphatic heterocycles. The van der Waals surface area contributed by atoms with Crippen LogP contribution in [0.5, 0.6) is 0 Å². The van der Waals surface area contributed by atoms with Crippen molar-refractivity contribution in [3.63, 3.8) is 0 Å². The first-order chi connectivity index (χ1) is 14.3. The molecule has 0 bridgehead atoms. The van der Waals surface area contributed by atoms with Crippen LogP contribution in [-0.2, 0) is 10.0 Å². The van der Waals surface area contributed by atoms with E-state index in [4.69, 9.17) is 0 Å². The molecule has 1 amide bonds. The summed E-state index contributed by atoms with van der Waals surface area (Å²) in [5.74, 6) is -0.199. The minimum atomic E-state index is -3.76. The van der Waals surface area contributed by atoms with Crippen molar-refractivity contribution in [1.29, 1.82) is 0 Å². The van der Waals surface area contributed by atoms with Crippen LogP contribution in [0.4, 0.5) is 11.4 Å². The Morgan fingerprint density at radius 3 is 2.53 bits per heavy atom. The van der Waals surface area contributed by atoms with E-state index in [9.17, 15) is 13.2 Å². The van der Waals surface area contributed by atoms with Crippen LogP contribution in [0.15, 0.2) is 47.4 Å². The summed E-state index contributed by atoms with van der Waals surface area (Å²) in [7, 11) is -3.76. The van der Waals surface area contributed by atoms with Crippen LogP contribution in [0.2, 0.25) is 0 Å². The number of carbonyl (C=O) groups is 1. The van der Waals surface area contributed by atoms with E-state index >= 15 is 0 Å². The summed E-state index contributed by atoms with van der Waals surface area (Å²) in [6.07, 6.45) is 0.814. The molecule has 1 saturated heterocycles. The van der Waals surface area contributed by atoms with Crippen LogP contribution >= 0.6 is 0 Å². The normalized spacial score (nSPS) is 15.5. The fourth-order valence-electron chi connectivity index (χ4n) is 3.43. The number of benzene rings is 2. The van der Waals surface area contributed by atoms with Crippen LogP contribution in [0.25, 0.3) is 0 Å². The highest BCUT2D eigenvalue weighted by molar-refractivity contribution is 7.92. The van der Waals surface area contributed by atoms with Crippen LogP contribution in [0, 0.1) is 6.92 Å². The molecule has 1 fully saturated rings. The summed E-state index contributed by atoms with van der Waals surface area (Å²) < 4.78 is 28.4. The molecule has 0 aliphatic carbocycles. The number of hydrogen-bond acceptors (Lipinski definition) is 5. The van der Waals surface area contributed by atoms with Crippen molar-refractivity contribution in [3.8, 4) is 0 Å². The summed E-state index contributed by atoms with van der Waals surface area (Å²) in [6.45, 7) is 8.98. The number of aryl methyl sites for hydroxylation is 1. The van der Waals surface area contributed by atoms with Gasteiger partial charge < -0.3 is 15.5 Å². The first kappa shape index (κ1) is 22.1. The van der Waals surface area contributed by atoms with Gasteiger partial charge in [0.2, 0.25) is 0 Å². The van der Waals surface area contributed by atoms with E-state index in [2.05, 4.69) is 20.3 Å².